The molecular formula is C31H42O3Si. The number of fused-ring (bicyclic) bond motifs is 1. The third-order valence-electron chi connectivity index (χ3n) is 8.62. The van der Waals surface area contributed by atoms with Crippen molar-refractivity contribution in [2.75, 3.05) is 6.61 Å². The van der Waals surface area contributed by atoms with Gasteiger partial charge in [-0.1, -0.05) is 94.8 Å². The molecular weight excluding hydrogens is 448 g/mol. The Labute approximate surface area is 213 Å². The Morgan fingerprint density at radius 1 is 1.00 bits per heavy atom. The molecule has 2 aromatic rings. The third kappa shape index (κ3) is 4.39. The van der Waals surface area contributed by atoms with Crippen LogP contribution in [0.15, 0.2) is 72.0 Å². The maximum Gasteiger partial charge on any atom is 0.319 e. The number of rotatable bonds is 6. The van der Waals surface area contributed by atoms with Gasteiger partial charge in [0, 0.05) is 6.42 Å². The van der Waals surface area contributed by atoms with Crippen molar-refractivity contribution in [1.29, 1.82) is 0 Å². The third-order valence-corrected chi connectivity index (χ3v) is 13.6. The van der Waals surface area contributed by atoms with Crippen LogP contribution in [0.1, 0.15) is 73.6 Å². The molecule has 35 heavy (non-hydrogen) atoms. The van der Waals surface area contributed by atoms with Crippen molar-refractivity contribution in [1.82, 2.24) is 0 Å². The summed E-state index contributed by atoms with van der Waals surface area (Å²) >= 11 is 0. The quantitative estimate of drug-likeness (QED) is 0.337. The molecule has 2 aliphatic rings. The molecule has 0 heterocycles. The zero-order chi connectivity index (χ0) is 25.3. The minimum atomic E-state index is -2.71. The van der Waals surface area contributed by atoms with E-state index in [1.165, 1.54) is 15.9 Å². The van der Waals surface area contributed by atoms with E-state index >= 15 is 0 Å². The van der Waals surface area contributed by atoms with Crippen molar-refractivity contribution in [3.8, 4) is 0 Å². The molecule has 0 unspecified atom stereocenters. The number of carbonyl (C=O) groups is 1. The molecule has 0 amide bonds. The number of hydrogen-bond acceptors (Lipinski definition) is 3. The Hall–Kier alpha value is -2.33. The molecule has 188 valence electrons. The second-order valence-electron chi connectivity index (χ2n) is 11.6. The normalized spacial score (nSPS) is 25.1. The van der Waals surface area contributed by atoms with Gasteiger partial charge in [-0.2, -0.15) is 0 Å². The number of hydrogen-bond donors (Lipinski definition) is 0. The van der Waals surface area contributed by atoms with Crippen molar-refractivity contribution in [3.63, 3.8) is 0 Å². The van der Waals surface area contributed by atoms with E-state index in [9.17, 15) is 4.79 Å². The van der Waals surface area contributed by atoms with E-state index in [0.29, 0.717) is 6.61 Å². The maximum absolute atomic E-state index is 13.3. The van der Waals surface area contributed by atoms with E-state index in [4.69, 9.17) is 9.16 Å². The highest BCUT2D eigenvalue weighted by atomic mass is 28.4. The number of benzene rings is 2. The second-order valence-corrected chi connectivity index (χ2v) is 15.8. The Morgan fingerprint density at radius 2 is 1.57 bits per heavy atom. The molecule has 0 aromatic heterocycles. The maximum atomic E-state index is 13.3. The molecule has 1 saturated carbocycles. The Bertz CT molecular complexity index is 1010. The zero-order valence-corrected chi connectivity index (χ0v) is 23.4. The number of allylic oxidation sites excluding steroid dienone is 2. The summed E-state index contributed by atoms with van der Waals surface area (Å²) in [6.07, 6.45) is 5.14. The van der Waals surface area contributed by atoms with Gasteiger partial charge in [-0.25, -0.2) is 0 Å². The van der Waals surface area contributed by atoms with E-state index in [1.54, 1.807) is 0 Å². The highest BCUT2D eigenvalue weighted by Gasteiger charge is 2.56. The van der Waals surface area contributed by atoms with E-state index in [2.05, 4.69) is 95.3 Å². The van der Waals surface area contributed by atoms with Crippen LogP contribution in [-0.2, 0) is 14.0 Å². The SMILES string of the molecule is CCOC(=O)[C@@]1(C)[C@H](C)CC(O[Si](c2ccccc2)(c2ccccc2)C(C)(C)C)=C2CCCC[C@@H]21. The summed E-state index contributed by atoms with van der Waals surface area (Å²) in [5, 5.41) is 2.51. The zero-order valence-electron chi connectivity index (χ0n) is 22.4. The summed E-state index contributed by atoms with van der Waals surface area (Å²) in [6.45, 7) is 13.7. The van der Waals surface area contributed by atoms with Crippen LogP contribution in [0, 0.1) is 17.3 Å². The first-order chi connectivity index (χ1) is 16.7. The van der Waals surface area contributed by atoms with Crippen LogP contribution in [-0.4, -0.2) is 20.9 Å². The fourth-order valence-corrected chi connectivity index (χ4v) is 11.1. The van der Waals surface area contributed by atoms with Crippen LogP contribution in [0.2, 0.25) is 5.04 Å². The molecule has 4 rings (SSSR count). The Balaban J connectivity index is 1.90. The fraction of sp³-hybridized carbons (Fsp3) is 0.516. The summed E-state index contributed by atoms with van der Waals surface area (Å²) in [5.41, 5.74) is 0.877. The van der Waals surface area contributed by atoms with Crippen LogP contribution in [0.25, 0.3) is 0 Å². The van der Waals surface area contributed by atoms with Gasteiger partial charge in [0.25, 0.3) is 0 Å². The van der Waals surface area contributed by atoms with Crippen molar-refractivity contribution in [3.05, 3.63) is 72.0 Å². The van der Waals surface area contributed by atoms with Gasteiger partial charge in [-0.05, 0) is 65.9 Å². The minimum Gasteiger partial charge on any atom is -0.537 e. The van der Waals surface area contributed by atoms with Crippen molar-refractivity contribution in [2.45, 2.75) is 78.7 Å². The van der Waals surface area contributed by atoms with Gasteiger partial charge >= 0.3 is 14.3 Å². The lowest BCUT2D eigenvalue weighted by atomic mass is 9.57. The molecule has 2 aliphatic carbocycles. The Kier molecular flexibility index (Phi) is 7.33. The molecule has 2 aromatic carbocycles. The second kappa shape index (κ2) is 9.97. The number of carbonyl (C=O) groups excluding carboxylic acids is 1. The van der Waals surface area contributed by atoms with Crippen LogP contribution in [0.4, 0.5) is 0 Å². The van der Waals surface area contributed by atoms with Gasteiger partial charge in [-0.15, -0.1) is 0 Å². The summed E-state index contributed by atoms with van der Waals surface area (Å²) < 4.78 is 13.2. The molecule has 0 bridgehead atoms. The lowest BCUT2D eigenvalue weighted by Crippen LogP contribution is -2.66. The van der Waals surface area contributed by atoms with Crippen molar-refractivity contribution >= 4 is 24.7 Å². The summed E-state index contributed by atoms with van der Waals surface area (Å²) in [6, 6.07) is 21.7. The van der Waals surface area contributed by atoms with Gasteiger partial charge < -0.3 is 9.16 Å². The van der Waals surface area contributed by atoms with E-state index in [-0.39, 0.29) is 22.8 Å². The first kappa shape index (κ1) is 25.8. The van der Waals surface area contributed by atoms with E-state index in [0.717, 1.165) is 37.9 Å². The van der Waals surface area contributed by atoms with Crippen LogP contribution < -0.4 is 10.4 Å². The van der Waals surface area contributed by atoms with Crippen molar-refractivity contribution in [2.24, 2.45) is 17.3 Å². The molecule has 3 nitrogen and oxygen atoms in total. The highest BCUT2D eigenvalue weighted by Crippen LogP contribution is 2.55. The van der Waals surface area contributed by atoms with Crippen molar-refractivity contribution < 1.29 is 14.0 Å². The molecule has 0 aliphatic heterocycles. The standard InChI is InChI=1S/C31H42O3Si/c1-7-33-29(32)31(6)23(2)22-28(26-20-14-15-21-27(26)31)34-35(30(3,4)5,24-16-10-8-11-17-24)25-18-12-9-13-19-25/h8-13,16-19,23,27H,7,14-15,20-22H2,1-6H3/t23-,27+,31+/m1/s1. The molecule has 1 fully saturated rings. The first-order valence-electron chi connectivity index (χ1n) is 13.4. The largest absolute Gasteiger partial charge is 0.537 e. The Morgan fingerprint density at radius 3 is 2.09 bits per heavy atom. The molecule has 0 radical (unpaired) electrons. The van der Waals surface area contributed by atoms with Gasteiger partial charge in [0.2, 0.25) is 0 Å². The van der Waals surface area contributed by atoms with Gasteiger partial charge in [-0.3, -0.25) is 4.79 Å². The average molecular weight is 491 g/mol. The van der Waals surface area contributed by atoms with Crippen LogP contribution in [0.3, 0.4) is 0 Å². The molecule has 0 N–H and O–H groups in total. The summed E-state index contributed by atoms with van der Waals surface area (Å²) in [4.78, 5) is 13.3. The monoisotopic (exact) mass is 490 g/mol. The lowest BCUT2D eigenvalue weighted by molar-refractivity contribution is -0.162. The smallest absolute Gasteiger partial charge is 0.319 e. The van der Waals surface area contributed by atoms with Crippen LogP contribution in [0.5, 0.6) is 0 Å². The topological polar surface area (TPSA) is 35.5 Å². The predicted octanol–water partition coefficient (Wildman–Crippen LogP) is 6.62. The molecule has 0 spiro atoms. The molecule has 4 heteroatoms. The number of ether oxygens (including phenoxy) is 1. The van der Waals surface area contributed by atoms with Gasteiger partial charge in [0.05, 0.1) is 17.8 Å². The number of esters is 1. The van der Waals surface area contributed by atoms with E-state index < -0.39 is 13.7 Å². The lowest BCUT2D eigenvalue weighted by Gasteiger charge is -2.51. The molecule has 3 atom stereocenters. The summed E-state index contributed by atoms with van der Waals surface area (Å²) in [5.74, 6) is 1.45. The highest BCUT2D eigenvalue weighted by molar-refractivity contribution is 6.99. The average Bonchev–Trinajstić information content (AvgIpc) is 2.86. The van der Waals surface area contributed by atoms with Gasteiger partial charge in [0.1, 0.15) is 0 Å². The summed E-state index contributed by atoms with van der Waals surface area (Å²) in [7, 11) is -2.71. The predicted molar refractivity (Wildman–Crippen MR) is 146 cm³/mol. The van der Waals surface area contributed by atoms with Gasteiger partial charge in [0.15, 0.2) is 0 Å². The first-order valence-corrected chi connectivity index (χ1v) is 15.3. The minimum absolute atomic E-state index is 0.0404. The van der Waals surface area contributed by atoms with Crippen LogP contribution >= 0.6 is 0 Å². The van der Waals surface area contributed by atoms with E-state index in [1.807, 2.05) is 6.92 Å². The molecule has 0 saturated heterocycles. The fourth-order valence-electron chi connectivity index (χ4n) is 6.54.